The van der Waals surface area contributed by atoms with E-state index in [-0.39, 0.29) is 0 Å². The van der Waals surface area contributed by atoms with Gasteiger partial charge in [0, 0.05) is 13.1 Å². The highest BCUT2D eigenvalue weighted by molar-refractivity contribution is 5.25. The number of anilines is 1. The molecule has 5 nitrogen and oxygen atoms in total. The van der Waals surface area contributed by atoms with Crippen molar-refractivity contribution in [2.24, 2.45) is 5.92 Å². The van der Waals surface area contributed by atoms with E-state index >= 15 is 0 Å². The van der Waals surface area contributed by atoms with E-state index in [1.165, 1.54) is 19.3 Å². The number of rotatable bonds is 5. The molecule has 0 saturated carbocycles. The second kappa shape index (κ2) is 6.00. The molecule has 1 aromatic heterocycles. The van der Waals surface area contributed by atoms with E-state index in [0.717, 1.165) is 25.6 Å². The van der Waals surface area contributed by atoms with Crippen LogP contribution in [0.2, 0.25) is 0 Å². The number of piperidine rings is 1. The fraction of sp³-hybridized carbons (Fsp3) is 0.833. The minimum atomic E-state index is 0.661. The fourth-order valence-corrected chi connectivity index (χ4v) is 2.25. The first-order valence-corrected chi connectivity index (χ1v) is 6.61. The maximum atomic E-state index is 5.66. The highest BCUT2D eigenvalue weighted by atomic mass is 16.4. The molecule has 0 radical (unpaired) electrons. The molecule has 1 aliphatic rings. The number of aromatic nitrogens is 2. The smallest absolute Gasteiger partial charge is 0.318 e. The lowest BCUT2D eigenvalue weighted by atomic mass is 9.96. The lowest BCUT2D eigenvalue weighted by Crippen LogP contribution is -2.35. The van der Waals surface area contributed by atoms with Crippen molar-refractivity contribution in [3.63, 3.8) is 0 Å². The minimum Gasteiger partial charge on any atom is -0.407 e. The van der Waals surface area contributed by atoms with Crippen LogP contribution in [0.1, 0.15) is 39.0 Å². The van der Waals surface area contributed by atoms with E-state index in [0.29, 0.717) is 18.5 Å². The van der Waals surface area contributed by atoms with Crippen LogP contribution in [0.15, 0.2) is 4.42 Å². The van der Waals surface area contributed by atoms with E-state index in [9.17, 15) is 0 Å². The summed E-state index contributed by atoms with van der Waals surface area (Å²) in [6.45, 7) is 7.99. The molecule has 0 aromatic carbocycles. The Labute approximate surface area is 103 Å². The van der Waals surface area contributed by atoms with Gasteiger partial charge in [-0.05, 0) is 25.3 Å². The molecule has 1 unspecified atom stereocenters. The summed E-state index contributed by atoms with van der Waals surface area (Å²) in [6.07, 6.45) is 3.78. The van der Waals surface area contributed by atoms with Crippen molar-refractivity contribution in [1.29, 1.82) is 0 Å². The van der Waals surface area contributed by atoms with Crippen molar-refractivity contribution in [2.75, 3.05) is 24.5 Å². The van der Waals surface area contributed by atoms with Crippen molar-refractivity contribution in [2.45, 2.75) is 39.7 Å². The number of nitrogens with one attached hydrogen (secondary N) is 1. The Morgan fingerprint density at radius 2 is 2.29 bits per heavy atom. The summed E-state index contributed by atoms with van der Waals surface area (Å²) in [5.41, 5.74) is 0. The summed E-state index contributed by atoms with van der Waals surface area (Å²) in [7, 11) is 0. The van der Waals surface area contributed by atoms with Gasteiger partial charge in [0.2, 0.25) is 5.89 Å². The van der Waals surface area contributed by atoms with E-state index in [1.54, 1.807) is 0 Å². The molecule has 2 rings (SSSR count). The largest absolute Gasteiger partial charge is 0.407 e. The van der Waals surface area contributed by atoms with Crippen LogP contribution < -0.4 is 10.2 Å². The third kappa shape index (κ3) is 3.19. The van der Waals surface area contributed by atoms with Crippen molar-refractivity contribution in [3.8, 4) is 0 Å². The molecule has 2 heterocycles. The monoisotopic (exact) mass is 238 g/mol. The SMILES string of the molecule is CCNCc1nnc(N2CCCC(CC)C2)o1. The molecule has 1 saturated heterocycles. The summed E-state index contributed by atoms with van der Waals surface area (Å²) in [5, 5.41) is 11.4. The first kappa shape index (κ1) is 12.4. The van der Waals surface area contributed by atoms with Crippen LogP contribution in [0.25, 0.3) is 0 Å². The van der Waals surface area contributed by atoms with Gasteiger partial charge in [-0.25, -0.2) is 0 Å². The first-order chi connectivity index (χ1) is 8.33. The van der Waals surface area contributed by atoms with Crippen molar-refractivity contribution < 1.29 is 4.42 Å². The highest BCUT2D eigenvalue weighted by Crippen LogP contribution is 2.23. The minimum absolute atomic E-state index is 0.661. The Kier molecular flexibility index (Phi) is 4.36. The van der Waals surface area contributed by atoms with Gasteiger partial charge in [0.1, 0.15) is 0 Å². The van der Waals surface area contributed by atoms with Crippen molar-refractivity contribution in [1.82, 2.24) is 15.5 Å². The van der Waals surface area contributed by atoms with Gasteiger partial charge in [0.15, 0.2) is 0 Å². The molecule has 5 heteroatoms. The zero-order valence-electron chi connectivity index (χ0n) is 10.8. The van der Waals surface area contributed by atoms with Gasteiger partial charge < -0.3 is 14.6 Å². The van der Waals surface area contributed by atoms with Crippen molar-refractivity contribution >= 4 is 6.01 Å². The summed E-state index contributed by atoms with van der Waals surface area (Å²) in [5.74, 6) is 1.45. The molecule has 0 aliphatic carbocycles. The van der Waals surface area contributed by atoms with Crippen LogP contribution in [-0.4, -0.2) is 29.8 Å². The Morgan fingerprint density at radius 1 is 1.41 bits per heavy atom. The van der Waals surface area contributed by atoms with Gasteiger partial charge in [-0.15, -0.1) is 5.10 Å². The standard InChI is InChI=1S/C12H22N4O/c1-3-10-6-5-7-16(9-10)12-15-14-11(17-12)8-13-4-2/h10,13H,3-9H2,1-2H3. The van der Waals surface area contributed by atoms with Gasteiger partial charge in [-0.3, -0.25) is 0 Å². The van der Waals surface area contributed by atoms with E-state index in [1.807, 2.05) is 0 Å². The predicted octanol–water partition coefficient (Wildman–Crippen LogP) is 1.81. The van der Waals surface area contributed by atoms with Crippen LogP contribution >= 0.6 is 0 Å². The molecule has 0 bridgehead atoms. The summed E-state index contributed by atoms with van der Waals surface area (Å²) < 4.78 is 5.66. The topological polar surface area (TPSA) is 54.2 Å². The third-order valence-electron chi connectivity index (χ3n) is 3.35. The average Bonchev–Trinajstić information content (AvgIpc) is 2.85. The molecule has 0 spiro atoms. The maximum absolute atomic E-state index is 5.66. The molecular formula is C12H22N4O. The molecule has 1 atom stereocenters. The third-order valence-corrected chi connectivity index (χ3v) is 3.35. The number of hydrogen-bond donors (Lipinski definition) is 1. The fourth-order valence-electron chi connectivity index (χ4n) is 2.25. The number of hydrogen-bond acceptors (Lipinski definition) is 5. The Hall–Kier alpha value is -1.10. The molecule has 17 heavy (non-hydrogen) atoms. The van der Waals surface area contributed by atoms with Gasteiger partial charge in [0.25, 0.3) is 0 Å². The van der Waals surface area contributed by atoms with Gasteiger partial charge in [-0.1, -0.05) is 25.4 Å². The molecule has 1 aromatic rings. The lowest BCUT2D eigenvalue weighted by Gasteiger charge is -2.30. The van der Waals surface area contributed by atoms with Crippen LogP contribution in [0.5, 0.6) is 0 Å². The van der Waals surface area contributed by atoms with Gasteiger partial charge in [0.05, 0.1) is 6.54 Å². The zero-order valence-corrected chi connectivity index (χ0v) is 10.8. The van der Waals surface area contributed by atoms with E-state index < -0.39 is 0 Å². The Morgan fingerprint density at radius 3 is 3.06 bits per heavy atom. The lowest BCUT2D eigenvalue weighted by molar-refractivity contribution is 0.377. The summed E-state index contributed by atoms with van der Waals surface area (Å²) >= 11 is 0. The first-order valence-electron chi connectivity index (χ1n) is 6.61. The quantitative estimate of drug-likeness (QED) is 0.847. The molecule has 1 N–H and O–H groups in total. The Bertz CT molecular complexity index is 339. The number of nitrogens with zero attached hydrogens (tertiary/aromatic N) is 3. The maximum Gasteiger partial charge on any atom is 0.318 e. The molecule has 96 valence electrons. The second-order valence-corrected chi connectivity index (χ2v) is 4.62. The Balaban J connectivity index is 1.94. The highest BCUT2D eigenvalue weighted by Gasteiger charge is 2.22. The van der Waals surface area contributed by atoms with Crippen LogP contribution in [-0.2, 0) is 6.54 Å². The normalized spacial score (nSPS) is 20.8. The molecule has 1 fully saturated rings. The molecular weight excluding hydrogens is 216 g/mol. The van der Waals surface area contributed by atoms with Crippen LogP contribution in [0, 0.1) is 5.92 Å². The van der Waals surface area contributed by atoms with E-state index in [2.05, 4.69) is 34.3 Å². The summed E-state index contributed by atoms with van der Waals surface area (Å²) in [4.78, 5) is 2.22. The zero-order chi connectivity index (χ0) is 12.1. The van der Waals surface area contributed by atoms with Gasteiger partial charge >= 0.3 is 6.01 Å². The molecule has 1 aliphatic heterocycles. The summed E-state index contributed by atoms with van der Waals surface area (Å²) in [6, 6.07) is 0.691. The van der Waals surface area contributed by atoms with Crippen LogP contribution in [0.4, 0.5) is 6.01 Å². The average molecular weight is 238 g/mol. The van der Waals surface area contributed by atoms with Crippen LogP contribution in [0.3, 0.4) is 0 Å². The van der Waals surface area contributed by atoms with E-state index in [4.69, 9.17) is 4.42 Å². The van der Waals surface area contributed by atoms with Crippen molar-refractivity contribution in [3.05, 3.63) is 5.89 Å². The van der Waals surface area contributed by atoms with Gasteiger partial charge in [-0.2, -0.15) is 0 Å². The molecule has 0 amide bonds. The second-order valence-electron chi connectivity index (χ2n) is 4.62. The predicted molar refractivity (Wildman–Crippen MR) is 66.9 cm³/mol.